The van der Waals surface area contributed by atoms with Crippen molar-refractivity contribution in [3.8, 4) is 0 Å². The summed E-state index contributed by atoms with van der Waals surface area (Å²) in [6.45, 7) is 1.65. The lowest BCUT2D eigenvalue weighted by molar-refractivity contribution is 0.0678. The number of nitrogens with zero attached hydrogens (tertiary/aromatic N) is 3. The summed E-state index contributed by atoms with van der Waals surface area (Å²) in [7, 11) is 1.43. The van der Waals surface area contributed by atoms with E-state index in [0.29, 0.717) is 0 Å². The van der Waals surface area contributed by atoms with Crippen LogP contribution in [-0.4, -0.2) is 32.8 Å². The van der Waals surface area contributed by atoms with Crippen LogP contribution in [0.4, 0.5) is 4.39 Å². The average Bonchev–Trinajstić information content (AvgIpc) is 2.66. The summed E-state index contributed by atoms with van der Waals surface area (Å²) in [5.41, 5.74) is 0.440. The Morgan fingerprint density at radius 3 is 2.94 bits per heavy atom. The number of methoxy groups -OCH3 is 1. The van der Waals surface area contributed by atoms with Crippen molar-refractivity contribution in [2.75, 3.05) is 7.11 Å². The molecule has 0 aromatic carbocycles. The fraction of sp³-hybridized carbons (Fsp3) is 0.300. The zero-order valence-electron chi connectivity index (χ0n) is 9.22. The van der Waals surface area contributed by atoms with Gasteiger partial charge in [0.2, 0.25) is 5.95 Å². The van der Waals surface area contributed by atoms with Gasteiger partial charge in [-0.3, -0.25) is 0 Å². The number of halogens is 1. The van der Waals surface area contributed by atoms with Crippen molar-refractivity contribution in [3.63, 3.8) is 0 Å². The first-order chi connectivity index (χ1) is 8.04. The minimum Gasteiger partial charge on any atom is -0.478 e. The Balaban J connectivity index is 2.78. The normalized spacial score (nSPS) is 12.9. The second-order valence-corrected chi connectivity index (χ2v) is 3.48. The van der Waals surface area contributed by atoms with Crippen LogP contribution < -0.4 is 0 Å². The third-order valence-electron chi connectivity index (χ3n) is 2.46. The van der Waals surface area contributed by atoms with Gasteiger partial charge in [-0.1, -0.05) is 0 Å². The Kier molecular flexibility index (Phi) is 2.76. The zero-order chi connectivity index (χ0) is 12.6. The Hall–Kier alpha value is -2.02. The molecule has 0 radical (unpaired) electrons. The van der Waals surface area contributed by atoms with Crippen molar-refractivity contribution >= 4 is 11.6 Å². The predicted octanol–water partition coefficient (Wildman–Crippen LogP) is 1.27. The second-order valence-electron chi connectivity index (χ2n) is 3.48. The number of carboxylic acid groups (broad SMARTS) is 1. The van der Waals surface area contributed by atoms with Gasteiger partial charge in [0, 0.05) is 19.4 Å². The van der Waals surface area contributed by atoms with E-state index in [9.17, 15) is 9.18 Å². The highest BCUT2D eigenvalue weighted by Crippen LogP contribution is 2.21. The molecule has 0 amide bonds. The van der Waals surface area contributed by atoms with Gasteiger partial charge in [-0.25, -0.2) is 14.3 Å². The number of carbonyl (C=O) groups is 1. The number of aromatic nitrogens is 3. The van der Waals surface area contributed by atoms with Gasteiger partial charge in [-0.05, 0) is 6.92 Å². The van der Waals surface area contributed by atoms with Crippen LogP contribution in [0.1, 0.15) is 29.1 Å². The lowest BCUT2D eigenvalue weighted by Gasteiger charge is -2.13. The molecular formula is C10H10FN3O3. The maximum Gasteiger partial charge on any atom is 0.339 e. The van der Waals surface area contributed by atoms with Crippen molar-refractivity contribution in [3.05, 3.63) is 29.5 Å². The van der Waals surface area contributed by atoms with Crippen molar-refractivity contribution in [2.45, 2.75) is 13.0 Å². The lowest BCUT2D eigenvalue weighted by atomic mass is 10.1. The number of rotatable bonds is 3. The first kappa shape index (κ1) is 11.5. The summed E-state index contributed by atoms with van der Waals surface area (Å²) < 4.78 is 19.3. The Labute approximate surface area is 95.7 Å². The molecule has 0 bridgehead atoms. The number of hydrogen-bond donors (Lipinski definition) is 1. The molecule has 17 heavy (non-hydrogen) atoms. The highest BCUT2D eigenvalue weighted by molar-refractivity contribution is 5.89. The number of fused-ring (bicyclic) bond motifs is 1. The standard InChI is InChI=1S/C10H10FN3O3/c1-5(17-2)9-6(10(15)16)4-12-8-3-7(11)13-14(8)9/h3-5H,1-2H3,(H,15,16). The third-order valence-corrected chi connectivity index (χ3v) is 2.46. The minimum absolute atomic E-state index is 0.0602. The molecule has 2 rings (SSSR count). The smallest absolute Gasteiger partial charge is 0.339 e. The second kappa shape index (κ2) is 4.10. The molecule has 1 unspecified atom stereocenters. The van der Waals surface area contributed by atoms with E-state index in [4.69, 9.17) is 9.84 Å². The van der Waals surface area contributed by atoms with E-state index in [0.717, 1.165) is 10.6 Å². The molecule has 2 aromatic heterocycles. The van der Waals surface area contributed by atoms with Crippen molar-refractivity contribution in [1.29, 1.82) is 0 Å². The Morgan fingerprint density at radius 1 is 1.65 bits per heavy atom. The van der Waals surface area contributed by atoms with Crippen LogP contribution >= 0.6 is 0 Å². The van der Waals surface area contributed by atoms with Crippen molar-refractivity contribution in [2.24, 2.45) is 0 Å². The molecule has 0 aliphatic heterocycles. The molecular weight excluding hydrogens is 229 g/mol. The number of hydrogen-bond acceptors (Lipinski definition) is 4. The van der Waals surface area contributed by atoms with Gasteiger partial charge in [0.25, 0.3) is 0 Å². The highest BCUT2D eigenvalue weighted by Gasteiger charge is 2.21. The van der Waals surface area contributed by atoms with Crippen LogP contribution in [0.25, 0.3) is 5.65 Å². The number of aromatic carboxylic acids is 1. The molecule has 1 atom stereocenters. The number of ether oxygens (including phenoxy) is 1. The summed E-state index contributed by atoms with van der Waals surface area (Å²) in [5, 5.41) is 12.6. The summed E-state index contributed by atoms with van der Waals surface area (Å²) >= 11 is 0. The largest absolute Gasteiger partial charge is 0.478 e. The summed E-state index contributed by atoms with van der Waals surface area (Å²) in [5.74, 6) is -1.88. The van der Waals surface area contributed by atoms with E-state index < -0.39 is 18.0 Å². The van der Waals surface area contributed by atoms with Crippen LogP contribution in [0.2, 0.25) is 0 Å². The third kappa shape index (κ3) is 1.84. The molecule has 7 heteroatoms. The van der Waals surface area contributed by atoms with E-state index in [1.165, 1.54) is 13.3 Å². The predicted molar refractivity (Wildman–Crippen MR) is 55.3 cm³/mol. The fourth-order valence-electron chi connectivity index (χ4n) is 1.59. The summed E-state index contributed by atoms with van der Waals surface area (Å²) in [6.07, 6.45) is 0.634. The van der Waals surface area contributed by atoms with Crippen LogP contribution in [0.5, 0.6) is 0 Å². The maximum atomic E-state index is 13.0. The summed E-state index contributed by atoms with van der Waals surface area (Å²) in [6, 6.07) is 1.12. The lowest BCUT2D eigenvalue weighted by Crippen LogP contribution is -2.14. The van der Waals surface area contributed by atoms with Gasteiger partial charge < -0.3 is 9.84 Å². The molecule has 0 fully saturated rings. The van der Waals surface area contributed by atoms with Crippen LogP contribution in [0, 0.1) is 5.95 Å². The van der Waals surface area contributed by atoms with Crippen LogP contribution in [0.3, 0.4) is 0 Å². The zero-order valence-corrected chi connectivity index (χ0v) is 9.22. The van der Waals surface area contributed by atoms with E-state index in [1.807, 2.05) is 0 Å². The average molecular weight is 239 g/mol. The van der Waals surface area contributed by atoms with Gasteiger partial charge in [-0.15, -0.1) is 5.10 Å². The minimum atomic E-state index is -1.16. The van der Waals surface area contributed by atoms with Crippen LogP contribution in [-0.2, 0) is 4.74 Å². The molecule has 2 aromatic rings. The molecule has 6 nitrogen and oxygen atoms in total. The van der Waals surface area contributed by atoms with E-state index in [-0.39, 0.29) is 16.9 Å². The fourth-order valence-corrected chi connectivity index (χ4v) is 1.59. The maximum absolute atomic E-state index is 13.0. The monoisotopic (exact) mass is 239 g/mol. The molecule has 0 aliphatic rings. The molecule has 0 spiro atoms. The highest BCUT2D eigenvalue weighted by atomic mass is 19.1. The quantitative estimate of drug-likeness (QED) is 0.872. The van der Waals surface area contributed by atoms with Crippen molar-refractivity contribution in [1.82, 2.24) is 14.6 Å². The van der Waals surface area contributed by atoms with Gasteiger partial charge in [0.15, 0.2) is 5.65 Å². The van der Waals surface area contributed by atoms with Crippen molar-refractivity contribution < 1.29 is 19.0 Å². The van der Waals surface area contributed by atoms with Gasteiger partial charge in [0.1, 0.15) is 5.56 Å². The molecule has 0 saturated heterocycles. The Bertz CT molecular complexity index is 581. The summed E-state index contributed by atoms with van der Waals surface area (Å²) in [4.78, 5) is 14.9. The van der Waals surface area contributed by atoms with E-state index in [2.05, 4.69) is 10.1 Å². The van der Waals surface area contributed by atoms with E-state index >= 15 is 0 Å². The molecule has 0 aliphatic carbocycles. The first-order valence-electron chi connectivity index (χ1n) is 4.85. The topological polar surface area (TPSA) is 76.7 Å². The number of carboxylic acids is 1. The van der Waals surface area contributed by atoms with Gasteiger partial charge >= 0.3 is 5.97 Å². The molecule has 1 N–H and O–H groups in total. The molecule has 90 valence electrons. The SMILES string of the molecule is COC(C)c1c(C(=O)O)cnc2cc(F)nn12. The van der Waals surface area contributed by atoms with Gasteiger partial charge in [0.05, 0.1) is 11.8 Å². The molecule has 2 heterocycles. The molecule has 0 saturated carbocycles. The Morgan fingerprint density at radius 2 is 2.35 bits per heavy atom. The van der Waals surface area contributed by atoms with Crippen LogP contribution in [0.15, 0.2) is 12.3 Å². The van der Waals surface area contributed by atoms with E-state index in [1.54, 1.807) is 6.92 Å². The first-order valence-corrected chi connectivity index (χ1v) is 4.85. The van der Waals surface area contributed by atoms with Gasteiger partial charge in [-0.2, -0.15) is 4.39 Å².